The van der Waals surface area contributed by atoms with E-state index in [1.807, 2.05) is 23.9 Å². The van der Waals surface area contributed by atoms with Gasteiger partial charge in [-0.25, -0.2) is 0 Å². The van der Waals surface area contributed by atoms with Gasteiger partial charge in [0.2, 0.25) is 0 Å². The van der Waals surface area contributed by atoms with Gasteiger partial charge in [-0.1, -0.05) is 12.8 Å². The van der Waals surface area contributed by atoms with Crippen molar-refractivity contribution in [1.29, 1.82) is 0 Å². The number of nitrogens with two attached hydrogens (primary N) is 1. The van der Waals surface area contributed by atoms with Crippen LogP contribution in [0.25, 0.3) is 0 Å². The Morgan fingerprint density at radius 1 is 1.33 bits per heavy atom. The van der Waals surface area contributed by atoms with Gasteiger partial charge in [-0.15, -0.1) is 11.8 Å². The maximum absolute atomic E-state index is 11.3. The highest BCUT2D eigenvalue weighted by Crippen LogP contribution is 2.41. The normalized spacial score (nSPS) is 19.2. The van der Waals surface area contributed by atoms with Gasteiger partial charge in [0.15, 0.2) is 6.61 Å². The molecule has 1 aliphatic heterocycles. The van der Waals surface area contributed by atoms with E-state index in [2.05, 4.69) is 5.32 Å². The summed E-state index contributed by atoms with van der Waals surface area (Å²) >= 11 is 1.82. The molecule has 0 spiro atoms. The maximum atomic E-state index is 11.3. The van der Waals surface area contributed by atoms with Gasteiger partial charge in [-0.3, -0.25) is 4.79 Å². The van der Waals surface area contributed by atoms with Crippen molar-refractivity contribution >= 4 is 29.0 Å². The van der Waals surface area contributed by atoms with E-state index in [4.69, 9.17) is 10.5 Å². The van der Waals surface area contributed by atoms with Crippen LogP contribution in [0.5, 0.6) is 5.75 Å². The van der Waals surface area contributed by atoms with Crippen LogP contribution in [-0.2, 0) is 4.79 Å². The van der Waals surface area contributed by atoms with Gasteiger partial charge >= 0.3 is 0 Å². The molecule has 1 amide bonds. The van der Waals surface area contributed by atoms with Crippen LogP contribution < -0.4 is 15.8 Å². The molecule has 3 N–H and O–H groups in total. The Hall–Kier alpha value is -1.36. The molecule has 0 atom stereocenters. The minimum Gasteiger partial charge on any atom is -0.482 e. The van der Waals surface area contributed by atoms with E-state index in [-0.39, 0.29) is 12.5 Å². The van der Waals surface area contributed by atoms with Crippen LogP contribution in [-0.4, -0.2) is 17.8 Å². The van der Waals surface area contributed by atoms with Gasteiger partial charge in [0.25, 0.3) is 5.91 Å². The monoisotopic (exact) mass is 264 g/mol. The van der Waals surface area contributed by atoms with Crippen molar-refractivity contribution in [2.45, 2.75) is 35.8 Å². The molecular weight excluding hydrogens is 248 g/mol. The molecule has 0 saturated heterocycles. The molecule has 96 valence electrons. The number of hydrogen-bond donors (Lipinski definition) is 2. The predicted molar refractivity (Wildman–Crippen MR) is 73.1 cm³/mol. The van der Waals surface area contributed by atoms with Crippen LogP contribution in [0.4, 0.5) is 11.4 Å². The molecular formula is C13H16N2O2S. The average Bonchev–Trinajstić information content (AvgIpc) is 2.83. The van der Waals surface area contributed by atoms with E-state index in [1.165, 1.54) is 25.7 Å². The number of fused-ring (bicyclic) bond motifs is 1. The first-order chi connectivity index (χ1) is 8.72. The first kappa shape index (κ1) is 11.7. The molecule has 18 heavy (non-hydrogen) atoms. The number of carbonyl (C=O) groups is 1. The number of carbonyl (C=O) groups excluding carboxylic acids is 1. The molecule has 3 rings (SSSR count). The quantitative estimate of drug-likeness (QED) is 0.806. The average molecular weight is 264 g/mol. The largest absolute Gasteiger partial charge is 0.482 e. The molecule has 0 unspecified atom stereocenters. The fourth-order valence-electron chi connectivity index (χ4n) is 2.41. The number of nitrogen functional groups attached to an aromatic ring is 1. The second-order valence-corrected chi connectivity index (χ2v) is 6.09. The minimum atomic E-state index is -0.107. The molecule has 1 aromatic carbocycles. The van der Waals surface area contributed by atoms with Gasteiger partial charge in [-0.2, -0.15) is 0 Å². The van der Waals surface area contributed by atoms with Crippen LogP contribution in [0.3, 0.4) is 0 Å². The molecule has 1 aliphatic carbocycles. The third-order valence-corrected chi connectivity index (χ3v) is 4.75. The van der Waals surface area contributed by atoms with Crippen molar-refractivity contribution in [3.63, 3.8) is 0 Å². The second kappa shape index (κ2) is 4.72. The first-order valence-corrected chi connectivity index (χ1v) is 7.13. The molecule has 5 heteroatoms. The summed E-state index contributed by atoms with van der Waals surface area (Å²) < 4.78 is 5.34. The Bertz CT molecular complexity index is 484. The summed E-state index contributed by atoms with van der Waals surface area (Å²) in [7, 11) is 0. The fourth-order valence-corrected chi connectivity index (χ4v) is 3.72. The first-order valence-electron chi connectivity index (χ1n) is 6.25. The molecule has 1 heterocycles. The van der Waals surface area contributed by atoms with Crippen LogP contribution in [0, 0.1) is 0 Å². The zero-order valence-corrected chi connectivity index (χ0v) is 10.9. The van der Waals surface area contributed by atoms with Crippen molar-refractivity contribution in [2.75, 3.05) is 17.7 Å². The highest BCUT2D eigenvalue weighted by Gasteiger charge is 2.21. The maximum Gasteiger partial charge on any atom is 0.262 e. The third-order valence-electron chi connectivity index (χ3n) is 3.34. The molecule has 0 aromatic heterocycles. The van der Waals surface area contributed by atoms with E-state index in [1.54, 1.807) is 0 Å². The Balaban J connectivity index is 1.85. The summed E-state index contributed by atoms with van der Waals surface area (Å²) in [4.78, 5) is 12.3. The lowest BCUT2D eigenvalue weighted by Crippen LogP contribution is -2.25. The van der Waals surface area contributed by atoms with Crippen LogP contribution in [0.2, 0.25) is 0 Å². The SMILES string of the molecule is Nc1cc2c(cc1SC1CCCC1)NC(=O)CO2. The second-order valence-electron chi connectivity index (χ2n) is 4.75. The number of ether oxygens (including phenoxy) is 1. The van der Waals surface area contributed by atoms with E-state index in [9.17, 15) is 4.79 Å². The van der Waals surface area contributed by atoms with Gasteiger partial charge in [-0.05, 0) is 18.9 Å². The van der Waals surface area contributed by atoms with Crippen LogP contribution in [0.1, 0.15) is 25.7 Å². The number of nitrogens with one attached hydrogen (secondary N) is 1. The Labute approximate surface area is 110 Å². The van der Waals surface area contributed by atoms with Gasteiger partial charge in [0, 0.05) is 21.9 Å². The number of anilines is 2. The van der Waals surface area contributed by atoms with E-state index >= 15 is 0 Å². The zero-order valence-electron chi connectivity index (χ0n) is 10.1. The summed E-state index contributed by atoms with van der Waals surface area (Å²) in [6.45, 7) is 0.0710. The molecule has 1 fully saturated rings. The summed E-state index contributed by atoms with van der Waals surface area (Å²) in [5.74, 6) is 0.562. The van der Waals surface area contributed by atoms with Crippen molar-refractivity contribution in [2.24, 2.45) is 0 Å². The van der Waals surface area contributed by atoms with Crippen molar-refractivity contribution in [1.82, 2.24) is 0 Å². The number of benzene rings is 1. The third kappa shape index (κ3) is 2.27. The molecule has 4 nitrogen and oxygen atoms in total. The minimum absolute atomic E-state index is 0.0710. The smallest absolute Gasteiger partial charge is 0.262 e. The van der Waals surface area contributed by atoms with Crippen molar-refractivity contribution < 1.29 is 9.53 Å². The van der Waals surface area contributed by atoms with E-state index in [0.717, 1.165) is 16.3 Å². The lowest BCUT2D eigenvalue weighted by molar-refractivity contribution is -0.118. The van der Waals surface area contributed by atoms with Crippen molar-refractivity contribution in [3.8, 4) is 5.75 Å². The van der Waals surface area contributed by atoms with E-state index < -0.39 is 0 Å². The Morgan fingerprint density at radius 3 is 2.89 bits per heavy atom. The summed E-state index contributed by atoms with van der Waals surface area (Å²) in [5.41, 5.74) is 7.52. The number of hydrogen-bond acceptors (Lipinski definition) is 4. The van der Waals surface area contributed by atoms with Crippen LogP contribution in [0.15, 0.2) is 17.0 Å². The Morgan fingerprint density at radius 2 is 2.11 bits per heavy atom. The van der Waals surface area contributed by atoms with Crippen molar-refractivity contribution in [3.05, 3.63) is 12.1 Å². The topological polar surface area (TPSA) is 64.3 Å². The lowest BCUT2D eigenvalue weighted by atomic mass is 10.2. The lowest BCUT2D eigenvalue weighted by Gasteiger charge is -2.20. The summed E-state index contributed by atoms with van der Waals surface area (Å²) in [6, 6.07) is 3.75. The highest BCUT2D eigenvalue weighted by molar-refractivity contribution is 8.00. The Kier molecular flexibility index (Phi) is 3.07. The molecule has 2 aliphatic rings. The number of amides is 1. The van der Waals surface area contributed by atoms with E-state index in [0.29, 0.717) is 11.0 Å². The summed E-state index contributed by atoms with van der Waals surface area (Å²) in [6.07, 6.45) is 5.12. The predicted octanol–water partition coefficient (Wildman–Crippen LogP) is 2.63. The van der Waals surface area contributed by atoms with Gasteiger partial charge in [0.05, 0.1) is 5.69 Å². The number of rotatable bonds is 2. The fraction of sp³-hybridized carbons (Fsp3) is 0.462. The molecule has 1 saturated carbocycles. The van der Waals surface area contributed by atoms with Gasteiger partial charge in [0.1, 0.15) is 5.75 Å². The molecule has 1 aromatic rings. The van der Waals surface area contributed by atoms with Gasteiger partial charge < -0.3 is 15.8 Å². The zero-order chi connectivity index (χ0) is 12.5. The molecule has 0 bridgehead atoms. The highest BCUT2D eigenvalue weighted by atomic mass is 32.2. The standard InChI is InChI=1S/C13H16N2O2S/c14-9-5-11-10(15-13(16)7-17-11)6-12(9)18-8-3-1-2-4-8/h5-6,8H,1-4,7,14H2,(H,15,16). The summed E-state index contributed by atoms with van der Waals surface area (Å²) in [5, 5.41) is 3.48. The van der Waals surface area contributed by atoms with Crippen LogP contribution >= 0.6 is 11.8 Å². The number of thioether (sulfide) groups is 1. The molecule has 0 radical (unpaired) electrons.